The molecule has 6 nitrogen and oxygen atoms in total. The van der Waals surface area contributed by atoms with Crippen LogP contribution in [0.25, 0.3) is 22.3 Å². The molecule has 0 bridgehead atoms. The van der Waals surface area contributed by atoms with E-state index in [9.17, 15) is 13.6 Å². The lowest BCUT2D eigenvalue weighted by atomic mass is 10.2. The molecule has 0 amide bonds. The number of rotatable bonds is 2. The number of nitrogens with zero attached hydrogens (tertiary/aromatic N) is 3. The van der Waals surface area contributed by atoms with E-state index in [2.05, 4.69) is 9.97 Å². The van der Waals surface area contributed by atoms with Crippen LogP contribution in [0.1, 0.15) is 16.1 Å². The molecule has 0 saturated heterocycles. The van der Waals surface area contributed by atoms with Gasteiger partial charge in [0.2, 0.25) is 0 Å². The van der Waals surface area contributed by atoms with E-state index in [1.165, 1.54) is 29.1 Å². The summed E-state index contributed by atoms with van der Waals surface area (Å²) in [4.78, 5) is 18.7. The highest BCUT2D eigenvalue weighted by Gasteiger charge is 2.11. The Morgan fingerprint density at radius 2 is 1.89 bits per heavy atom. The van der Waals surface area contributed by atoms with Crippen LogP contribution in [-0.2, 0) is 0 Å². The molecule has 8 heteroatoms. The molecule has 4 aromatic rings. The van der Waals surface area contributed by atoms with Gasteiger partial charge in [0.25, 0.3) is 0 Å². The SMILES string of the molecule is Cc1nc(-c2cccc(F)c2)ncc1C(=O)O.Nn1ccc2c(F)cccc21. The van der Waals surface area contributed by atoms with Crippen molar-refractivity contribution in [3.8, 4) is 11.4 Å². The minimum absolute atomic E-state index is 0.0464. The van der Waals surface area contributed by atoms with Gasteiger partial charge in [-0.25, -0.2) is 23.5 Å². The van der Waals surface area contributed by atoms with Gasteiger partial charge in [0, 0.05) is 23.3 Å². The predicted molar refractivity (Wildman–Crippen MR) is 101 cm³/mol. The van der Waals surface area contributed by atoms with Crippen LogP contribution in [0.4, 0.5) is 8.78 Å². The molecule has 28 heavy (non-hydrogen) atoms. The van der Waals surface area contributed by atoms with Gasteiger partial charge in [-0.3, -0.25) is 4.68 Å². The van der Waals surface area contributed by atoms with Crippen LogP contribution < -0.4 is 5.84 Å². The normalized spacial score (nSPS) is 10.4. The average Bonchev–Trinajstić information content (AvgIpc) is 3.04. The van der Waals surface area contributed by atoms with E-state index >= 15 is 0 Å². The summed E-state index contributed by atoms with van der Waals surface area (Å²) in [5.41, 5.74) is 1.63. The molecule has 0 aliphatic carbocycles. The van der Waals surface area contributed by atoms with Gasteiger partial charge < -0.3 is 10.9 Å². The van der Waals surface area contributed by atoms with E-state index in [1.54, 1.807) is 43.5 Å². The lowest BCUT2D eigenvalue weighted by molar-refractivity contribution is 0.0695. The average molecular weight is 382 g/mol. The van der Waals surface area contributed by atoms with Crippen LogP contribution in [0.2, 0.25) is 0 Å². The molecule has 0 fully saturated rings. The molecule has 142 valence electrons. The second kappa shape index (κ2) is 7.83. The smallest absolute Gasteiger partial charge is 0.339 e. The monoisotopic (exact) mass is 382 g/mol. The van der Waals surface area contributed by atoms with Gasteiger partial charge in [0.15, 0.2) is 5.82 Å². The third-order valence-corrected chi connectivity index (χ3v) is 4.00. The van der Waals surface area contributed by atoms with E-state index < -0.39 is 5.97 Å². The Hall–Kier alpha value is -3.81. The number of carbonyl (C=O) groups is 1. The maximum atomic E-state index is 13.0. The van der Waals surface area contributed by atoms with Crippen molar-refractivity contribution >= 4 is 16.9 Å². The number of hydrogen-bond donors (Lipinski definition) is 2. The van der Waals surface area contributed by atoms with Gasteiger partial charge in [-0.1, -0.05) is 18.2 Å². The highest BCUT2D eigenvalue weighted by atomic mass is 19.1. The summed E-state index contributed by atoms with van der Waals surface area (Å²) in [7, 11) is 0. The topological polar surface area (TPSA) is 94.0 Å². The first-order valence-electron chi connectivity index (χ1n) is 8.20. The van der Waals surface area contributed by atoms with E-state index in [4.69, 9.17) is 10.9 Å². The van der Waals surface area contributed by atoms with Crippen molar-refractivity contribution in [3.05, 3.63) is 83.8 Å². The van der Waals surface area contributed by atoms with Crippen molar-refractivity contribution in [2.75, 3.05) is 5.84 Å². The number of benzene rings is 2. The Labute approximate surface area is 158 Å². The van der Waals surface area contributed by atoms with E-state index in [-0.39, 0.29) is 17.2 Å². The Kier molecular flexibility index (Phi) is 5.30. The Morgan fingerprint density at radius 3 is 2.54 bits per heavy atom. The maximum Gasteiger partial charge on any atom is 0.339 e. The largest absolute Gasteiger partial charge is 0.478 e. The van der Waals surface area contributed by atoms with Crippen LogP contribution >= 0.6 is 0 Å². The number of halogens is 2. The lowest BCUT2D eigenvalue weighted by Crippen LogP contribution is -2.04. The third-order valence-electron chi connectivity index (χ3n) is 4.00. The van der Waals surface area contributed by atoms with Crippen molar-refractivity contribution in [3.63, 3.8) is 0 Å². The second-order valence-electron chi connectivity index (χ2n) is 5.90. The molecule has 0 aliphatic heterocycles. The van der Waals surface area contributed by atoms with Crippen LogP contribution in [0, 0.1) is 18.6 Å². The van der Waals surface area contributed by atoms with Crippen molar-refractivity contribution < 1.29 is 18.7 Å². The Morgan fingerprint density at radius 1 is 1.14 bits per heavy atom. The van der Waals surface area contributed by atoms with Crippen molar-refractivity contribution in [2.45, 2.75) is 6.92 Å². The van der Waals surface area contributed by atoms with Gasteiger partial charge in [-0.05, 0) is 37.3 Å². The molecule has 0 atom stereocenters. The zero-order chi connectivity index (χ0) is 20.3. The summed E-state index contributed by atoms with van der Waals surface area (Å²) in [5, 5.41) is 9.40. The first-order valence-corrected chi connectivity index (χ1v) is 8.20. The molecule has 2 aromatic carbocycles. The van der Waals surface area contributed by atoms with Gasteiger partial charge in [0.1, 0.15) is 11.6 Å². The Balaban J connectivity index is 0.000000176. The number of carboxylic acid groups (broad SMARTS) is 1. The standard InChI is InChI=1S/C12H9FN2O2.C8H7FN2/c1-7-10(12(16)17)6-14-11(15-7)8-3-2-4-9(13)5-8;9-7-2-1-3-8-6(7)4-5-11(8)10/h2-6H,1H3,(H,16,17);1-5H,10H2. The third kappa shape index (κ3) is 3.96. The number of nitrogens with two attached hydrogens (primary N) is 1. The summed E-state index contributed by atoms with van der Waals surface area (Å²) in [6, 6.07) is 12.3. The molecule has 4 rings (SSSR count). The summed E-state index contributed by atoms with van der Waals surface area (Å²) in [6.07, 6.45) is 2.86. The predicted octanol–water partition coefficient (Wildman–Crippen LogP) is 3.78. The zero-order valence-corrected chi connectivity index (χ0v) is 14.8. The van der Waals surface area contributed by atoms with Gasteiger partial charge >= 0.3 is 5.97 Å². The van der Waals surface area contributed by atoms with Crippen LogP contribution in [0.5, 0.6) is 0 Å². The minimum Gasteiger partial charge on any atom is -0.478 e. The second-order valence-corrected chi connectivity index (χ2v) is 5.90. The number of aryl methyl sites for hydroxylation is 1. The minimum atomic E-state index is -1.08. The first-order chi connectivity index (χ1) is 13.4. The number of fused-ring (bicyclic) bond motifs is 1. The molecular formula is C20H16F2N4O2. The lowest BCUT2D eigenvalue weighted by Gasteiger charge is -2.03. The first kappa shape index (κ1) is 19.0. The molecule has 0 radical (unpaired) electrons. The summed E-state index contributed by atoms with van der Waals surface area (Å²) >= 11 is 0. The van der Waals surface area contributed by atoms with Crippen molar-refractivity contribution in [1.29, 1.82) is 0 Å². The zero-order valence-electron chi connectivity index (χ0n) is 14.8. The molecule has 0 spiro atoms. The summed E-state index contributed by atoms with van der Waals surface area (Å²) in [5.74, 6) is 4.12. The van der Waals surface area contributed by atoms with Crippen molar-refractivity contribution in [2.24, 2.45) is 0 Å². The highest BCUT2D eigenvalue weighted by molar-refractivity contribution is 5.88. The molecule has 2 heterocycles. The summed E-state index contributed by atoms with van der Waals surface area (Å²) in [6.45, 7) is 1.58. The molecule has 0 aliphatic rings. The van der Waals surface area contributed by atoms with E-state index in [0.29, 0.717) is 28.0 Å². The highest BCUT2D eigenvalue weighted by Crippen LogP contribution is 2.17. The molecule has 0 unspecified atom stereocenters. The fraction of sp³-hybridized carbons (Fsp3) is 0.0500. The fourth-order valence-electron chi connectivity index (χ4n) is 2.59. The fourth-order valence-corrected chi connectivity index (χ4v) is 2.59. The van der Waals surface area contributed by atoms with Crippen molar-refractivity contribution in [1.82, 2.24) is 14.6 Å². The van der Waals surface area contributed by atoms with Gasteiger partial charge in [-0.2, -0.15) is 0 Å². The van der Waals surface area contributed by atoms with E-state index in [1.807, 2.05) is 0 Å². The van der Waals surface area contributed by atoms with Crippen LogP contribution in [-0.4, -0.2) is 25.7 Å². The number of hydrogen-bond acceptors (Lipinski definition) is 4. The van der Waals surface area contributed by atoms with Crippen LogP contribution in [0.3, 0.4) is 0 Å². The van der Waals surface area contributed by atoms with Crippen LogP contribution in [0.15, 0.2) is 60.9 Å². The number of aromatic nitrogens is 3. The van der Waals surface area contributed by atoms with Gasteiger partial charge in [-0.15, -0.1) is 0 Å². The molecule has 2 aromatic heterocycles. The summed E-state index contributed by atoms with van der Waals surface area (Å²) < 4.78 is 27.3. The number of aromatic carboxylic acids is 1. The molecular weight excluding hydrogens is 366 g/mol. The quantitative estimate of drug-likeness (QED) is 0.515. The molecule has 0 saturated carbocycles. The van der Waals surface area contributed by atoms with E-state index in [0.717, 1.165) is 0 Å². The number of carboxylic acids is 1. The maximum absolute atomic E-state index is 13.0. The molecule has 3 N–H and O–H groups in total. The number of nitrogen functional groups attached to an aromatic ring is 1. The Bertz CT molecular complexity index is 1160. The van der Waals surface area contributed by atoms with Gasteiger partial charge in [0.05, 0.1) is 16.8 Å².